The summed E-state index contributed by atoms with van der Waals surface area (Å²) in [6, 6.07) is 23.8. The smallest absolute Gasteiger partial charge is 0.338 e. The number of fused-ring (bicyclic) bond motifs is 2. The van der Waals surface area contributed by atoms with E-state index < -0.39 is 5.60 Å². The number of nitrogens with zero attached hydrogens (tertiary/aromatic N) is 3. The van der Waals surface area contributed by atoms with Gasteiger partial charge in [0.05, 0.1) is 43.2 Å². The summed E-state index contributed by atoms with van der Waals surface area (Å²) in [4.78, 5) is 27.9. The van der Waals surface area contributed by atoms with Crippen LogP contribution < -0.4 is 9.64 Å². The number of hydrogen-bond donors (Lipinski definition) is 0. The number of para-hydroxylation sites is 2. The van der Waals surface area contributed by atoms with Crippen molar-refractivity contribution in [1.29, 1.82) is 0 Å². The van der Waals surface area contributed by atoms with Crippen LogP contribution in [0.1, 0.15) is 103 Å². The second-order valence-corrected chi connectivity index (χ2v) is 19.0. The lowest BCUT2D eigenvalue weighted by Gasteiger charge is -2.37. The van der Waals surface area contributed by atoms with Crippen LogP contribution in [0.3, 0.4) is 0 Å². The van der Waals surface area contributed by atoms with Gasteiger partial charge in [0.2, 0.25) is 5.69 Å². The Kier molecular flexibility index (Phi) is 12.5. The van der Waals surface area contributed by atoms with E-state index in [2.05, 4.69) is 112 Å². The topological polar surface area (TPSA) is 58.8 Å². The van der Waals surface area contributed by atoms with Crippen molar-refractivity contribution in [2.75, 3.05) is 45.2 Å². The van der Waals surface area contributed by atoms with Crippen molar-refractivity contribution in [2.24, 2.45) is 5.92 Å². The van der Waals surface area contributed by atoms with E-state index >= 15 is 0 Å². The van der Waals surface area contributed by atoms with Gasteiger partial charge >= 0.3 is 11.9 Å². The van der Waals surface area contributed by atoms with Crippen LogP contribution >= 0.6 is 11.6 Å². The second kappa shape index (κ2) is 16.9. The summed E-state index contributed by atoms with van der Waals surface area (Å²) in [5.41, 5.74) is 11.4. The number of halogens is 1. The Hall–Kier alpha value is -4.68. The van der Waals surface area contributed by atoms with E-state index in [1.807, 2.05) is 51.1 Å². The number of unbranched alkanes of at least 4 members (excludes halogenated alkanes) is 2. The monoisotopic (exact) mass is 803 g/mol. The van der Waals surface area contributed by atoms with E-state index in [1.54, 1.807) is 12.1 Å². The van der Waals surface area contributed by atoms with Crippen molar-refractivity contribution < 1.29 is 28.1 Å². The van der Waals surface area contributed by atoms with Crippen molar-refractivity contribution in [3.8, 4) is 5.75 Å². The predicted octanol–water partition coefficient (Wildman–Crippen LogP) is 10.8. The maximum atomic E-state index is 13.0. The first-order chi connectivity index (χ1) is 27.3. The number of rotatable bonds is 12. The van der Waals surface area contributed by atoms with E-state index in [0.29, 0.717) is 17.7 Å². The van der Waals surface area contributed by atoms with Crippen LogP contribution in [0.25, 0.3) is 0 Å². The average Bonchev–Trinajstić information content (AvgIpc) is 3.51. The molecular weight excluding hydrogens is 742 g/mol. The molecule has 0 amide bonds. The van der Waals surface area contributed by atoms with E-state index in [4.69, 9.17) is 21.1 Å². The molecule has 3 aromatic carbocycles. The fraction of sp³-hybridized carbons (Fsp3) is 0.440. The molecule has 0 fully saturated rings. The number of benzene rings is 3. The van der Waals surface area contributed by atoms with E-state index in [-0.39, 0.29) is 28.7 Å². The molecular formula is C50H62ClN3O4+2. The number of anilines is 1. The lowest BCUT2D eigenvalue weighted by atomic mass is 9.80. The summed E-state index contributed by atoms with van der Waals surface area (Å²) < 4.78 is 14.3. The van der Waals surface area contributed by atoms with Crippen LogP contribution in [0.5, 0.6) is 5.75 Å². The third-order valence-corrected chi connectivity index (χ3v) is 12.1. The molecule has 3 heterocycles. The third kappa shape index (κ3) is 9.28. The molecule has 7 nitrogen and oxygen atoms in total. The van der Waals surface area contributed by atoms with Crippen molar-refractivity contribution in [2.45, 2.75) is 97.5 Å². The first kappa shape index (κ1) is 42.9. The van der Waals surface area contributed by atoms with Crippen LogP contribution in [0.2, 0.25) is 0 Å². The summed E-state index contributed by atoms with van der Waals surface area (Å²) in [7, 11) is 4.53. The number of allylic oxidation sites excluding steroid dienone is 1. The van der Waals surface area contributed by atoms with Crippen molar-refractivity contribution >= 4 is 40.6 Å². The quantitative estimate of drug-likeness (QED) is 0.0456. The first-order valence-electron chi connectivity index (χ1n) is 20.8. The van der Waals surface area contributed by atoms with E-state index in [0.717, 1.165) is 77.5 Å². The molecule has 0 aromatic heterocycles. The highest BCUT2D eigenvalue weighted by atomic mass is 35.5. The highest BCUT2D eigenvalue weighted by Crippen LogP contribution is 2.47. The van der Waals surface area contributed by atoms with Gasteiger partial charge in [-0.2, -0.15) is 4.58 Å². The Morgan fingerprint density at radius 3 is 2.34 bits per heavy atom. The minimum absolute atomic E-state index is 0.00740. The van der Waals surface area contributed by atoms with Gasteiger partial charge in [0, 0.05) is 52.4 Å². The normalized spacial score (nSPS) is 19.3. The Morgan fingerprint density at radius 1 is 0.931 bits per heavy atom. The maximum Gasteiger partial charge on any atom is 0.338 e. The summed E-state index contributed by atoms with van der Waals surface area (Å²) in [5.74, 6) is 0.0812. The Balaban J connectivity index is 1.23. The maximum absolute atomic E-state index is 13.0. The predicted molar refractivity (Wildman–Crippen MR) is 236 cm³/mol. The minimum atomic E-state index is -0.565. The van der Waals surface area contributed by atoms with Crippen molar-refractivity contribution in [1.82, 2.24) is 0 Å². The molecule has 306 valence electrons. The molecule has 0 spiro atoms. The molecule has 0 saturated carbocycles. The third-order valence-electron chi connectivity index (χ3n) is 11.6. The molecule has 8 heteroatoms. The van der Waals surface area contributed by atoms with Gasteiger partial charge in [-0.1, -0.05) is 54.4 Å². The zero-order valence-electron chi connectivity index (χ0n) is 36.2. The van der Waals surface area contributed by atoms with Gasteiger partial charge in [-0.25, -0.2) is 4.79 Å². The summed E-state index contributed by atoms with van der Waals surface area (Å²) in [6.07, 6.45) is 9.67. The zero-order valence-corrected chi connectivity index (χ0v) is 37.0. The molecule has 0 N–H and O–H groups in total. The Bertz CT molecular complexity index is 2210. The molecule has 58 heavy (non-hydrogen) atoms. The first-order valence-corrected chi connectivity index (χ1v) is 21.2. The molecule has 0 radical (unpaired) electrons. The van der Waals surface area contributed by atoms with Gasteiger partial charge in [0.15, 0.2) is 5.71 Å². The van der Waals surface area contributed by atoms with Crippen LogP contribution in [-0.2, 0) is 20.4 Å². The van der Waals surface area contributed by atoms with E-state index in [1.165, 1.54) is 17.0 Å². The number of quaternary nitrogens is 1. The standard InChI is InChI=1S/C50H62ClN3O4/c1-11-52-42-28-25-35(47(56)58-48(2,3)4)32-40(42)50(7,8)43(52)29-26-36-33-54(9,10)34-37(46(36)51)27-30-44-49(5,6)39-22-17-18-23-41(39)53(44)31-19-13-16-24-45(55)57-38-20-14-12-15-21-38/h12,14-15,17-18,20-23,25-29,32,37H,11,13,16,19,24,31,33-34H2,1-10H3/q+2/b29-26+. The lowest BCUT2D eigenvalue weighted by molar-refractivity contribution is -0.889. The van der Waals surface area contributed by atoms with Crippen LogP contribution in [0.15, 0.2) is 113 Å². The highest BCUT2D eigenvalue weighted by molar-refractivity contribution is 6.30. The van der Waals surface area contributed by atoms with Crippen LogP contribution in [0, 0.1) is 5.92 Å². The van der Waals surface area contributed by atoms with Gasteiger partial charge in [-0.15, -0.1) is 5.73 Å². The van der Waals surface area contributed by atoms with Crippen molar-refractivity contribution in [3.05, 3.63) is 130 Å². The summed E-state index contributed by atoms with van der Waals surface area (Å²) >= 11 is 7.39. The van der Waals surface area contributed by atoms with Gasteiger partial charge < -0.3 is 18.9 Å². The van der Waals surface area contributed by atoms with Crippen LogP contribution in [-0.4, -0.2) is 72.6 Å². The average molecular weight is 805 g/mol. The molecule has 6 rings (SSSR count). The SMILES string of the molecule is CC[N+]1=C(/C=C/C2=C(Cl)C(C=C=C3N(CCCCCC(=O)Oc4ccccc4)c4ccccc4C3(C)C)C[N+](C)(C)C2)C(C)(C)c2cc(C(=O)OC(C)(C)C)ccc21. The van der Waals surface area contributed by atoms with Gasteiger partial charge in [0.25, 0.3) is 0 Å². The molecule has 0 saturated heterocycles. The second-order valence-electron chi connectivity index (χ2n) is 18.6. The molecule has 3 aliphatic rings. The zero-order chi connectivity index (χ0) is 42.0. The lowest BCUT2D eigenvalue weighted by Crippen LogP contribution is -2.47. The largest absolute Gasteiger partial charge is 0.456 e. The summed E-state index contributed by atoms with van der Waals surface area (Å²) in [6.45, 7) is 20.2. The number of ether oxygens (including phenoxy) is 2. The number of esters is 2. The van der Waals surface area contributed by atoms with Crippen molar-refractivity contribution in [3.63, 3.8) is 0 Å². The number of likely N-dealkylation sites (N-methyl/N-ethyl adjacent to an activating group) is 1. The Morgan fingerprint density at radius 2 is 1.64 bits per heavy atom. The summed E-state index contributed by atoms with van der Waals surface area (Å²) in [5, 5.41) is 0.855. The molecule has 0 bridgehead atoms. The van der Waals surface area contributed by atoms with Gasteiger partial charge in [-0.3, -0.25) is 4.79 Å². The van der Waals surface area contributed by atoms with Gasteiger partial charge in [0.1, 0.15) is 24.4 Å². The van der Waals surface area contributed by atoms with Crippen LogP contribution in [0.4, 0.5) is 11.4 Å². The Labute approximate surface area is 351 Å². The molecule has 3 aromatic rings. The number of hydrogen-bond acceptors (Lipinski definition) is 5. The molecule has 1 atom stereocenters. The fourth-order valence-corrected chi connectivity index (χ4v) is 9.00. The molecule has 1 unspecified atom stereocenters. The van der Waals surface area contributed by atoms with Gasteiger partial charge in [-0.05, 0) is 116 Å². The number of carbonyl (C=O) groups excluding carboxylic acids is 2. The number of carbonyl (C=O) groups is 2. The minimum Gasteiger partial charge on any atom is -0.456 e. The highest BCUT2D eigenvalue weighted by Gasteiger charge is 2.45. The molecule has 0 aliphatic carbocycles. The molecule has 3 aliphatic heterocycles. The fourth-order valence-electron chi connectivity index (χ4n) is 8.75. The van der Waals surface area contributed by atoms with E-state index in [9.17, 15) is 9.59 Å².